The van der Waals surface area contributed by atoms with Crippen LogP contribution in [0.15, 0.2) is 12.3 Å². The summed E-state index contributed by atoms with van der Waals surface area (Å²) < 4.78 is 1.69. The minimum Gasteiger partial charge on any atom is -0.396 e. The first-order chi connectivity index (χ1) is 9.95. The Morgan fingerprint density at radius 2 is 2.14 bits per heavy atom. The molecule has 114 valence electrons. The molecule has 0 bridgehead atoms. The number of carbonyl (C=O) groups is 1. The van der Waals surface area contributed by atoms with Crippen molar-refractivity contribution in [2.45, 2.75) is 40.2 Å². The maximum atomic E-state index is 12.7. The molecule has 0 spiro atoms. The van der Waals surface area contributed by atoms with Crippen LogP contribution in [-0.2, 0) is 0 Å². The Hall–Kier alpha value is -1.95. The summed E-state index contributed by atoms with van der Waals surface area (Å²) in [5.41, 5.74) is 2.91. The quantitative estimate of drug-likeness (QED) is 0.907. The van der Waals surface area contributed by atoms with E-state index in [0.29, 0.717) is 24.2 Å². The minimum atomic E-state index is -0.0917. The molecule has 0 atom stereocenters. The normalized spacial score (nSPS) is 11.3. The van der Waals surface area contributed by atoms with Gasteiger partial charge >= 0.3 is 0 Å². The Balaban J connectivity index is 2.42. The van der Waals surface area contributed by atoms with Crippen LogP contribution in [0.25, 0.3) is 5.65 Å². The molecule has 6 nitrogen and oxygen atoms in total. The van der Waals surface area contributed by atoms with E-state index in [1.165, 1.54) is 0 Å². The number of hydrogen-bond acceptors (Lipinski definition) is 4. The van der Waals surface area contributed by atoms with Crippen LogP contribution in [-0.4, -0.2) is 49.7 Å². The van der Waals surface area contributed by atoms with Gasteiger partial charge in [0.25, 0.3) is 5.91 Å². The van der Waals surface area contributed by atoms with Gasteiger partial charge in [0.1, 0.15) is 5.56 Å². The van der Waals surface area contributed by atoms with Gasteiger partial charge in [-0.3, -0.25) is 4.79 Å². The summed E-state index contributed by atoms with van der Waals surface area (Å²) in [7, 11) is 0. The van der Waals surface area contributed by atoms with E-state index in [0.717, 1.165) is 11.4 Å². The minimum absolute atomic E-state index is 0.0601. The third kappa shape index (κ3) is 3.05. The third-order valence-corrected chi connectivity index (χ3v) is 3.45. The van der Waals surface area contributed by atoms with Crippen molar-refractivity contribution in [1.29, 1.82) is 0 Å². The van der Waals surface area contributed by atoms with Crippen LogP contribution in [0.5, 0.6) is 0 Å². The SMILES string of the molecule is Cc1cc(C)n2ncc(C(=O)N(CCCO)C(C)C)c2n1. The number of carbonyl (C=O) groups excluding carboxylic acids is 1. The van der Waals surface area contributed by atoms with Gasteiger partial charge in [-0.15, -0.1) is 0 Å². The van der Waals surface area contributed by atoms with Gasteiger partial charge in [-0.05, 0) is 40.2 Å². The number of aliphatic hydroxyl groups is 1. The maximum absolute atomic E-state index is 12.7. The summed E-state index contributed by atoms with van der Waals surface area (Å²) in [6.07, 6.45) is 2.14. The average molecular weight is 290 g/mol. The molecule has 6 heteroatoms. The van der Waals surface area contributed by atoms with E-state index < -0.39 is 0 Å². The van der Waals surface area contributed by atoms with Gasteiger partial charge in [0.15, 0.2) is 5.65 Å². The molecule has 0 aromatic carbocycles. The Labute approximate surface area is 124 Å². The number of aliphatic hydroxyl groups excluding tert-OH is 1. The van der Waals surface area contributed by atoms with Crippen molar-refractivity contribution in [2.75, 3.05) is 13.2 Å². The zero-order valence-corrected chi connectivity index (χ0v) is 13.0. The smallest absolute Gasteiger partial charge is 0.259 e. The van der Waals surface area contributed by atoms with Crippen molar-refractivity contribution >= 4 is 11.6 Å². The summed E-state index contributed by atoms with van der Waals surface area (Å²) in [5, 5.41) is 13.2. The zero-order chi connectivity index (χ0) is 15.6. The highest BCUT2D eigenvalue weighted by molar-refractivity contribution is 5.99. The standard InChI is InChI=1S/C15H22N4O2/c1-10(2)18(6-5-7-20)15(21)13-9-16-19-12(4)8-11(3)17-14(13)19/h8-10,20H,5-7H2,1-4H3. The van der Waals surface area contributed by atoms with Crippen LogP contribution < -0.4 is 0 Å². The lowest BCUT2D eigenvalue weighted by molar-refractivity contribution is 0.0695. The Bertz CT molecular complexity index is 648. The predicted octanol–water partition coefficient (Wildman–Crippen LogP) is 1.58. The molecule has 2 aromatic rings. The predicted molar refractivity (Wildman–Crippen MR) is 80.3 cm³/mol. The zero-order valence-electron chi connectivity index (χ0n) is 13.0. The summed E-state index contributed by atoms with van der Waals surface area (Å²) in [4.78, 5) is 18.9. The van der Waals surface area contributed by atoms with E-state index in [1.54, 1.807) is 15.6 Å². The van der Waals surface area contributed by atoms with Gasteiger partial charge in [0, 0.05) is 30.6 Å². The van der Waals surface area contributed by atoms with Gasteiger partial charge in [0.05, 0.1) is 6.20 Å². The van der Waals surface area contributed by atoms with Gasteiger partial charge in [-0.1, -0.05) is 0 Å². The monoisotopic (exact) mass is 290 g/mol. The van der Waals surface area contributed by atoms with E-state index in [2.05, 4.69) is 10.1 Å². The van der Waals surface area contributed by atoms with E-state index in [4.69, 9.17) is 5.11 Å². The summed E-state index contributed by atoms with van der Waals surface area (Å²) in [6, 6.07) is 1.99. The Morgan fingerprint density at radius 1 is 1.43 bits per heavy atom. The second kappa shape index (κ2) is 6.22. The fourth-order valence-corrected chi connectivity index (χ4v) is 2.41. The maximum Gasteiger partial charge on any atom is 0.259 e. The van der Waals surface area contributed by atoms with Crippen LogP contribution in [0.2, 0.25) is 0 Å². The molecular formula is C15H22N4O2. The molecule has 1 amide bonds. The number of nitrogens with zero attached hydrogens (tertiary/aromatic N) is 4. The first kappa shape index (κ1) is 15.4. The fraction of sp³-hybridized carbons (Fsp3) is 0.533. The first-order valence-corrected chi connectivity index (χ1v) is 7.19. The summed E-state index contributed by atoms with van der Waals surface area (Å²) in [5.74, 6) is -0.0917. The fourth-order valence-electron chi connectivity index (χ4n) is 2.41. The van der Waals surface area contributed by atoms with Gasteiger partial charge in [-0.2, -0.15) is 5.10 Å². The molecule has 21 heavy (non-hydrogen) atoms. The second-order valence-corrected chi connectivity index (χ2v) is 5.50. The van der Waals surface area contributed by atoms with Gasteiger partial charge in [0.2, 0.25) is 0 Å². The highest BCUT2D eigenvalue weighted by Crippen LogP contribution is 2.16. The van der Waals surface area contributed by atoms with Crippen molar-refractivity contribution in [3.8, 4) is 0 Å². The first-order valence-electron chi connectivity index (χ1n) is 7.19. The lowest BCUT2D eigenvalue weighted by Gasteiger charge is -2.26. The summed E-state index contributed by atoms with van der Waals surface area (Å²) in [6.45, 7) is 8.36. The Morgan fingerprint density at radius 3 is 2.76 bits per heavy atom. The third-order valence-electron chi connectivity index (χ3n) is 3.45. The number of fused-ring (bicyclic) bond motifs is 1. The second-order valence-electron chi connectivity index (χ2n) is 5.50. The van der Waals surface area contributed by atoms with Crippen molar-refractivity contribution in [3.63, 3.8) is 0 Å². The van der Waals surface area contributed by atoms with E-state index in [9.17, 15) is 4.79 Å². The number of aromatic nitrogens is 3. The Kier molecular flexibility index (Phi) is 4.57. The van der Waals surface area contributed by atoms with Crippen molar-refractivity contribution in [3.05, 3.63) is 29.2 Å². The molecule has 0 aliphatic heterocycles. The van der Waals surface area contributed by atoms with Gasteiger partial charge in [-0.25, -0.2) is 9.50 Å². The molecule has 0 aliphatic carbocycles. The average Bonchev–Trinajstić information content (AvgIpc) is 2.82. The molecular weight excluding hydrogens is 268 g/mol. The molecule has 0 radical (unpaired) electrons. The van der Waals surface area contributed by atoms with Gasteiger partial charge < -0.3 is 10.0 Å². The number of rotatable bonds is 5. The van der Waals surface area contributed by atoms with E-state index in [1.807, 2.05) is 33.8 Å². The molecule has 2 rings (SSSR count). The molecule has 0 unspecified atom stereocenters. The lowest BCUT2D eigenvalue weighted by Crippen LogP contribution is -2.38. The molecule has 0 saturated heterocycles. The van der Waals surface area contributed by atoms with Crippen LogP contribution in [0.3, 0.4) is 0 Å². The molecule has 2 heterocycles. The number of aryl methyl sites for hydroxylation is 2. The van der Waals surface area contributed by atoms with Crippen LogP contribution in [0.1, 0.15) is 42.0 Å². The number of hydrogen-bond donors (Lipinski definition) is 1. The topological polar surface area (TPSA) is 70.7 Å². The van der Waals surface area contributed by atoms with Crippen LogP contribution in [0, 0.1) is 13.8 Å². The van der Waals surface area contributed by atoms with E-state index in [-0.39, 0.29) is 18.6 Å². The lowest BCUT2D eigenvalue weighted by atomic mass is 10.2. The van der Waals surface area contributed by atoms with E-state index >= 15 is 0 Å². The molecule has 0 saturated carbocycles. The largest absolute Gasteiger partial charge is 0.396 e. The van der Waals surface area contributed by atoms with Crippen molar-refractivity contribution in [1.82, 2.24) is 19.5 Å². The van der Waals surface area contributed by atoms with Crippen LogP contribution in [0.4, 0.5) is 0 Å². The molecule has 2 aromatic heterocycles. The molecule has 1 N–H and O–H groups in total. The molecule has 0 fully saturated rings. The highest BCUT2D eigenvalue weighted by Gasteiger charge is 2.23. The van der Waals surface area contributed by atoms with Crippen LogP contribution >= 0.6 is 0 Å². The summed E-state index contributed by atoms with van der Waals surface area (Å²) >= 11 is 0. The molecule has 0 aliphatic rings. The van der Waals surface area contributed by atoms with Crippen molar-refractivity contribution < 1.29 is 9.90 Å². The highest BCUT2D eigenvalue weighted by atomic mass is 16.3. The van der Waals surface area contributed by atoms with Crippen molar-refractivity contribution in [2.24, 2.45) is 0 Å². The number of amides is 1.